The maximum atomic E-state index is 12.3. The maximum absolute atomic E-state index is 12.3. The highest BCUT2D eigenvalue weighted by atomic mass is 32.2. The predicted octanol–water partition coefficient (Wildman–Crippen LogP) is 3.90. The molecule has 3 aromatic rings. The Labute approximate surface area is 189 Å². The largest absolute Gasteiger partial charge is 0.466 e. The lowest BCUT2D eigenvalue weighted by molar-refractivity contribution is -0.142. The molecule has 0 saturated heterocycles. The number of amides is 1. The Morgan fingerprint density at radius 3 is 2.65 bits per heavy atom. The zero-order chi connectivity index (χ0) is 22.4. The molecular formula is C21H25N5O3S2. The summed E-state index contributed by atoms with van der Waals surface area (Å²) in [5, 5.41) is 14.1. The molecule has 1 N–H and O–H groups in total. The van der Waals surface area contributed by atoms with Crippen molar-refractivity contribution in [2.24, 2.45) is 7.05 Å². The Hall–Kier alpha value is -2.72. The van der Waals surface area contributed by atoms with Crippen LogP contribution in [0.2, 0.25) is 0 Å². The number of thiazole rings is 1. The fourth-order valence-electron chi connectivity index (χ4n) is 2.80. The summed E-state index contributed by atoms with van der Waals surface area (Å²) in [6.07, 6.45) is 0.0921. The van der Waals surface area contributed by atoms with Crippen LogP contribution in [0, 0.1) is 0 Å². The molecule has 31 heavy (non-hydrogen) atoms. The number of carbonyl (C=O) groups is 2. The molecule has 0 unspecified atom stereocenters. The summed E-state index contributed by atoms with van der Waals surface area (Å²) in [6.45, 7) is 6.40. The van der Waals surface area contributed by atoms with Gasteiger partial charge in [0, 0.05) is 18.0 Å². The Balaban J connectivity index is 1.55. The van der Waals surface area contributed by atoms with E-state index in [1.54, 1.807) is 12.3 Å². The highest BCUT2D eigenvalue weighted by molar-refractivity contribution is 7.99. The molecule has 0 atom stereocenters. The van der Waals surface area contributed by atoms with Crippen LogP contribution < -0.4 is 5.32 Å². The van der Waals surface area contributed by atoms with Gasteiger partial charge in [-0.15, -0.1) is 21.5 Å². The Morgan fingerprint density at radius 1 is 1.23 bits per heavy atom. The summed E-state index contributed by atoms with van der Waals surface area (Å²) in [5.41, 5.74) is 2.82. The summed E-state index contributed by atoms with van der Waals surface area (Å²) in [6, 6.07) is 8.27. The zero-order valence-electron chi connectivity index (χ0n) is 17.9. The third kappa shape index (κ3) is 6.14. The number of esters is 1. The molecule has 0 bridgehead atoms. The van der Waals surface area contributed by atoms with Gasteiger partial charge in [-0.25, -0.2) is 4.98 Å². The SMILES string of the molecule is CCOC(=O)Cc1csc(NC(=O)CSc2nnc(-c3ccc(C(C)C)cc3)n2C)n1. The first-order valence-corrected chi connectivity index (χ1v) is 11.8. The summed E-state index contributed by atoms with van der Waals surface area (Å²) < 4.78 is 6.78. The number of thioether (sulfide) groups is 1. The topological polar surface area (TPSA) is 99.0 Å². The number of carbonyl (C=O) groups excluding carboxylic acids is 2. The third-order valence-corrected chi connectivity index (χ3v) is 6.26. The van der Waals surface area contributed by atoms with Crippen LogP contribution in [0.5, 0.6) is 0 Å². The van der Waals surface area contributed by atoms with Crippen molar-refractivity contribution in [3.8, 4) is 11.4 Å². The van der Waals surface area contributed by atoms with Crippen LogP contribution in [0.1, 0.15) is 37.9 Å². The van der Waals surface area contributed by atoms with Crippen molar-refractivity contribution in [3.63, 3.8) is 0 Å². The van der Waals surface area contributed by atoms with Gasteiger partial charge in [-0.05, 0) is 18.4 Å². The van der Waals surface area contributed by atoms with Crippen LogP contribution in [-0.2, 0) is 27.8 Å². The second-order valence-electron chi connectivity index (χ2n) is 7.10. The first kappa shape index (κ1) is 23.0. The molecule has 0 aliphatic rings. The molecule has 2 heterocycles. The number of aromatic nitrogens is 4. The number of nitrogens with one attached hydrogen (secondary N) is 1. The van der Waals surface area contributed by atoms with Crippen molar-refractivity contribution < 1.29 is 14.3 Å². The van der Waals surface area contributed by atoms with Crippen molar-refractivity contribution in [3.05, 3.63) is 40.9 Å². The van der Waals surface area contributed by atoms with Crippen LogP contribution >= 0.6 is 23.1 Å². The zero-order valence-corrected chi connectivity index (χ0v) is 19.5. The van der Waals surface area contributed by atoms with Gasteiger partial charge in [-0.1, -0.05) is 49.9 Å². The lowest BCUT2D eigenvalue weighted by Gasteiger charge is -2.07. The van der Waals surface area contributed by atoms with Crippen molar-refractivity contribution in [2.75, 3.05) is 17.7 Å². The summed E-state index contributed by atoms with van der Waals surface area (Å²) >= 11 is 2.58. The van der Waals surface area contributed by atoms with Crippen LogP contribution in [0.15, 0.2) is 34.8 Å². The molecule has 3 rings (SSSR count). The van der Waals surface area contributed by atoms with Crippen molar-refractivity contribution in [1.29, 1.82) is 0 Å². The molecule has 10 heteroatoms. The van der Waals surface area contributed by atoms with Gasteiger partial charge < -0.3 is 14.6 Å². The first-order chi connectivity index (χ1) is 14.9. The van der Waals surface area contributed by atoms with E-state index in [9.17, 15) is 9.59 Å². The lowest BCUT2D eigenvalue weighted by atomic mass is 10.0. The highest BCUT2D eigenvalue weighted by Crippen LogP contribution is 2.25. The van der Waals surface area contributed by atoms with Gasteiger partial charge in [-0.3, -0.25) is 9.59 Å². The van der Waals surface area contributed by atoms with Crippen LogP contribution in [0.25, 0.3) is 11.4 Å². The minimum absolute atomic E-state index is 0.0921. The van der Waals surface area contributed by atoms with E-state index in [4.69, 9.17) is 4.74 Å². The van der Waals surface area contributed by atoms with Gasteiger partial charge in [0.2, 0.25) is 5.91 Å². The normalized spacial score (nSPS) is 11.0. The minimum Gasteiger partial charge on any atom is -0.466 e. The monoisotopic (exact) mass is 459 g/mol. The minimum atomic E-state index is -0.335. The quantitative estimate of drug-likeness (QED) is 0.383. The fraction of sp³-hybridized carbons (Fsp3) is 0.381. The molecule has 8 nitrogen and oxygen atoms in total. The molecule has 0 radical (unpaired) electrons. The van der Waals surface area contributed by atoms with Crippen LogP contribution in [0.4, 0.5) is 5.13 Å². The van der Waals surface area contributed by atoms with Crippen molar-refractivity contribution in [2.45, 2.75) is 38.3 Å². The molecule has 1 amide bonds. The van der Waals surface area contributed by atoms with E-state index in [1.807, 2.05) is 23.7 Å². The van der Waals surface area contributed by atoms with E-state index in [0.717, 1.165) is 11.4 Å². The molecule has 2 aromatic heterocycles. The van der Waals surface area contributed by atoms with Gasteiger partial charge >= 0.3 is 5.97 Å². The molecule has 0 fully saturated rings. The van der Waals surface area contributed by atoms with Gasteiger partial charge in [0.1, 0.15) is 0 Å². The van der Waals surface area contributed by atoms with E-state index < -0.39 is 0 Å². The Morgan fingerprint density at radius 2 is 1.97 bits per heavy atom. The predicted molar refractivity (Wildman–Crippen MR) is 122 cm³/mol. The average molecular weight is 460 g/mol. The lowest BCUT2D eigenvalue weighted by Crippen LogP contribution is -2.14. The number of benzene rings is 1. The van der Waals surface area contributed by atoms with Crippen molar-refractivity contribution in [1.82, 2.24) is 19.7 Å². The summed E-state index contributed by atoms with van der Waals surface area (Å²) in [5.74, 6) is 0.857. The van der Waals surface area contributed by atoms with Crippen LogP contribution in [0.3, 0.4) is 0 Å². The Bertz CT molecular complexity index is 1040. The number of hydrogen-bond donors (Lipinski definition) is 1. The number of nitrogens with zero attached hydrogens (tertiary/aromatic N) is 4. The van der Waals surface area contributed by atoms with E-state index >= 15 is 0 Å². The maximum Gasteiger partial charge on any atom is 0.311 e. The molecular weight excluding hydrogens is 434 g/mol. The fourth-order valence-corrected chi connectivity index (χ4v) is 4.24. The summed E-state index contributed by atoms with van der Waals surface area (Å²) in [4.78, 5) is 28.1. The van der Waals surface area contributed by atoms with E-state index in [2.05, 4.69) is 46.5 Å². The molecule has 1 aromatic carbocycles. The Kier molecular flexibility index (Phi) is 7.80. The standard InChI is InChI=1S/C21H25N5O3S2/c1-5-29-18(28)10-16-11-30-20(22-16)23-17(27)12-31-21-25-24-19(26(21)4)15-8-6-14(7-9-15)13(2)3/h6-9,11,13H,5,10,12H2,1-4H3,(H,22,23,27). The smallest absolute Gasteiger partial charge is 0.311 e. The summed E-state index contributed by atoms with van der Waals surface area (Å²) in [7, 11) is 1.88. The van der Waals surface area contributed by atoms with Gasteiger partial charge in [0.05, 0.1) is 24.5 Å². The van der Waals surface area contributed by atoms with Gasteiger partial charge in [0.15, 0.2) is 16.1 Å². The second-order valence-corrected chi connectivity index (χ2v) is 8.91. The van der Waals surface area contributed by atoms with Gasteiger partial charge in [-0.2, -0.15) is 0 Å². The first-order valence-electron chi connectivity index (χ1n) is 9.89. The highest BCUT2D eigenvalue weighted by Gasteiger charge is 2.15. The molecule has 164 valence electrons. The molecule has 0 aliphatic carbocycles. The molecule has 0 saturated carbocycles. The number of ether oxygens (including phenoxy) is 1. The third-order valence-electron chi connectivity index (χ3n) is 4.43. The van der Waals surface area contributed by atoms with E-state index in [1.165, 1.54) is 28.7 Å². The van der Waals surface area contributed by atoms with Crippen LogP contribution in [-0.4, -0.2) is 44.0 Å². The molecule has 0 spiro atoms. The second kappa shape index (κ2) is 10.5. The number of anilines is 1. The average Bonchev–Trinajstić information content (AvgIpc) is 3.32. The molecule has 0 aliphatic heterocycles. The van der Waals surface area contributed by atoms with Crippen molar-refractivity contribution >= 4 is 40.1 Å². The number of rotatable bonds is 9. The number of hydrogen-bond acceptors (Lipinski definition) is 8. The van der Waals surface area contributed by atoms with E-state index in [-0.39, 0.29) is 24.1 Å². The van der Waals surface area contributed by atoms with E-state index in [0.29, 0.717) is 28.5 Å². The van der Waals surface area contributed by atoms with Gasteiger partial charge in [0.25, 0.3) is 0 Å².